The minimum Gasteiger partial charge on any atom is -0.466 e. The van der Waals surface area contributed by atoms with Crippen molar-refractivity contribution in [2.45, 2.75) is 97.0 Å². The maximum absolute atomic E-state index is 11.6. The summed E-state index contributed by atoms with van der Waals surface area (Å²) in [4.78, 5) is 22.4. The lowest BCUT2D eigenvalue weighted by molar-refractivity contribution is -0.144. The van der Waals surface area contributed by atoms with Gasteiger partial charge in [-0.2, -0.15) is 0 Å². The standard InChI is InChI=1S/C22H40O5/c1-5-20(23)25-17-14-15-18-26-21(24)16-12-10-8-6-7-9-11-13-19-27-22(2,3)4/h5H,1,6-19H2,2-4H3. The van der Waals surface area contributed by atoms with Crippen LogP contribution in [0.3, 0.4) is 0 Å². The molecular weight excluding hydrogens is 344 g/mol. The fraction of sp³-hybridized carbons (Fsp3) is 0.818. The summed E-state index contributed by atoms with van der Waals surface area (Å²) in [5, 5.41) is 0. The number of carbonyl (C=O) groups excluding carboxylic acids is 2. The van der Waals surface area contributed by atoms with Crippen molar-refractivity contribution < 1.29 is 23.8 Å². The zero-order valence-electron chi connectivity index (χ0n) is 17.7. The van der Waals surface area contributed by atoms with Gasteiger partial charge in [-0.15, -0.1) is 0 Å². The number of carbonyl (C=O) groups is 2. The molecule has 0 N–H and O–H groups in total. The van der Waals surface area contributed by atoms with Gasteiger partial charge in [0.15, 0.2) is 0 Å². The number of hydrogen-bond acceptors (Lipinski definition) is 5. The summed E-state index contributed by atoms with van der Waals surface area (Å²) in [5.41, 5.74) is -0.0264. The van der Waals surface area contributed by atoms with Crippen molar-refractivity contribution in [1.82, 2.24) is 0 Å². The van der Waals surface area contributed by atoms with E-state index in [0.29, 0.717) is 32.5 Å². The summed E-state index contributed by atoms with van der Waals surface area (Å²) in [5.74, 6) is -0.543. The molecule has 5 heteroatoms. The van der Waals surface area contributed by atoms with Crippen molar-refractivity contribution in [2.75, 3.05) is 19.8 Å². The first-order valence-electron chi connectivity index (χ1n) is 10.4. The Balaban J connectivity index is 3.25. The van der Waals surface area contributed by atoms with Gasteiger partial charge in [-0.1, -0.05) is 45.1 Å². The second-order valence-electron chi connectivity index (χ2n) is 7.84. The molecule has 5 nitrogen and oxygen atoms in total. The van der Waals surface area contributed by atoms with Crippen LogP contribution in [0.25, 0.3) is 0 Å². The van der Waals surface area contributed by atoms with Gasteiger partial charge in [-0.25, -0.2) is 4.79 Å². The van der Waals surface area contributed by atoms with Crippen molar-refractivity contribution in [1.29, 1.82) is 0 Å². The highest BCUT2D eigenvalue weighted by Crippen LogP contribution is 2.12. The monoisotopic (exact) mass is 384 g/mol. The molecule has 0 atom stereocenters. The Kier molecular flexibility index (Phi) is 15.9. The second-order valence-corrected chi connectivity index (χ2v) is 7.84. The molecule has 0 aromatic heterocycles. The van der Waals surface area contributed by atoms with E-state index < -0.39 is 5.97 Å². The van der Waals surface area contributed by atoms with E-state index in [-0.39, 0.29) is 11.6 Å². The molecule has 0 saturated heterocycles. The van der Waals surface area contributed by atoms with Gasteiger partial charge in [0.25, 0.3) is 0 Å². The molecule has 0 rings (SSSR count). The van der Waals surface area contributed by atoms with E-state index >= 15 is 0 Å². The van der Waals surface area contributed by atoms with Crippen LogP contribution < -0.4 is 0 Å². The predicted molar refractivity (Wildman–Crippen MR) is 109 cm³/mol. The molecule has 0 heterocycles. The summed E-state index contributed by atoms with van der Waals surface area (Å²) in [6.45, 7) is 11.2. The zero-order valence-corrected chi connectivity index (χ0v) is 17.7. The second kappa shape index (κ2) is 16.8. The van der Waals surface area contributed by atoms with E-state index in [4.69, 9.17) is 14.2 Å². The largest absolute Gasteiger partial charge is 0.466 e. The molecule has 0 aliphatic rings. The maximum Gasteiger partial charge on any atom is 0.330 e. The van der Waals surface area contributed by atoms with E-state index in [9.17, 15) is 9.59 Å². The highest BCUT2D eigenvalue weighted by Gasteiger charge is 2.08. The van der Waals surface area contributed by atoms with Crippen molar-refractivity contribution in [3.8, 4) is 0 Å². The molecule has 0 bridgehead atoms. The third kappa shape index (κ3) is 20.8. The Morgan fingerprint density at radius 2 is 1.22 bits per heavy atom. The Labute approximate surface area is 165 Å². The van der Waals surface area contributed by atoms with Crippen LogP contribution in [-0.2, 0) is 23.8 Å². The average molecular weight is 385 g/mol. The predicted octanol–water partition coefficient (Wildman–Crippen LogP) is 5.37. The molecule has 0 spiro atoms. The third-order valence-corrected chi connectivity index (χ3v) is 4.02. The summed E-state index contributed by atoms with van der Waals surface area (Å²) in [6, 6.07) is 0. The van der Waals surface area contributed by atoms with Gasteiger partial charge < -0.3 is 14.2 Å². The number of ether oxygens (including phenoxy) is 3. The van der Waals surface area contributed by atoms with Gasteiger partial charge in [-0.3, -0.25) is 4.79 Å². The van der Waals surface area contributed by atoms with Crippen molar-refractivity contribution in [3.63, 3.8) is 0 Å². The lowest BCUT2D eigenvalue weighted by Gasteiger charge is -2.19. The van der Waals surface area contributed by atoms with E-state index in [1.54, 1.807) is 0 Å². The van der Waals surface area contributed by atoms with Crippen LogP contribution in [-0.4, -0.2) is 37.4 Å². The Bertz CT molecular complexity index is 398. The highest BCUT2D eigenvalue weighted by atomic mass is 16.5. The van der Waals surface area contributed by atoms with Crippen molar-refractivity contribution >= 4 is 11.9 Å². The fourth-order valence-corrected chi connectivity index (χ4v) is 2.50. The van der Waals surface area contributed by atoms with E-state index in [2.05, 4.69) is 27.4 Å². The third-order valence-electron chi connectivity index (χ3n) is 4.02. The Hall–Kier alpha value is -1.36. The first-order chi connectivity index (χ1) is 12.8. The molecule has 0 radical (unpaired) electrons. The van der Waals surface area contributed by atoms with E-state index in [1.165, 1.54) is 32.1 Å². The van der Waals surface area contributed by atoms with Gasteiger partial charge in [0.1, 0.15) is 0 Å². The van der Waals surface area contributed by atoms with Crippen molar-refractivity contribution in [3.05, 3.63) is 12.7 Å². The molecule has 0 aliphatic carbocycles. The van der Waals surface area contributed by atoms with Crippen LogP contribution in [0.5, 0.6) is 0 Å². The number of hydrogen-bond donors (Lipinski definition) is 0. The molecule has 0 saturated carbocycles. The summed E-state index contributed by atoms with van der Waals surface area (Å²) >= 11 is 0. The number of rotatable bonds is 17. The summed E-state index contributed by atoms with van der Waals surface area (Å²) < 4.78 is 15.7. The van der Waals surface area contributed by atoms with Crippen LogP contribution in [0.15, 0.2) is 12.7 Å². The normalized spacial score (nSPS) is 11.2. The van der Waals surface area contributed by atoms with Gasteiger partial charge in [0.2, 0.25) is 0 Å². The quantitative estimate of drug-likeness (QED) is 0.192. The van der Waals surface area contributed by atoms with E-state index in [0.717, 1.165) is 31.9 Å². The van der Waals surface area contributed by atoms with Crippen LogP contribution in [0.2, 0.25) is 0 Å². The minimum absolute atomic E-state index is 0.0264. The van der Waals surface area contributed by atoms with E-state index in [1.807, 2.05) is 0 Å². The lowest BCUT2D eigenvalue weighted by Crippen LogP contribution is -2.19. The first kappa shape index (κ1) is 25.6. The van der Waals surface area contributed by atoms with Gasteiger partial charge in [0.05, 0.1) is 18.8 Å². The molecule has 0 fully saturated rings. The molecular formula is C22H40O5. The molecule has 27 heavy (non-hydrogen) atoms. The van der Waals surface area contributed by atoms with Gasteiger partial charge in [-0.05, 0) is 46.5 Å². The maximum atomic E-state index is 11.6. The summed E-state index contributed by atoms with van der Waals surface area (Å²) in [6.07, 6.45) is 12.3. The zero-order chi connectivity index (χ0) is 20.4. The molecule has 0 amide bonds. The highest BCUT2D eigenvalue weighted by molar-refractivity contribution is 5.81. The minimum atomic E-state index is -0.415. The lowest BCUT2D eigenvalue weighted by atomic mass is 10.1. The fourth-order valence-electron chi connectivity index (χ4n) is 2.50. The molecule has 0 aromatic carbocycles. The number of unbranched alkanes of at least 4 members (excludes halogenated alkanes) is 8. The van der Waals surface area contributed by atoms with Gasteiger partial charge in [0, 0.05) is 19.1 Å². The van der Waals surface area contributed by atoms with Crippen LogP contribution in [0, 0.1) is 0 Å². The molecule has 158 valence electrons. The molecule has 0 aromatic rings. The smallest absolute Gasteiger partial charge is 0.330 e. The Morgan fingerprint density at radius 3 is 1.78 bits per heavy atom. The van der Waals surface area contributed by atoms with Gasteiger partial charge >= 0.3 is 11.9 Å². The van der Waals surface area contributed by atoms with Crippen LogP contribution in [0.4, 0.5) is 0 Å². The first-order valence-corrected chi connectivity index (χ1v) is 10.4. The van der Waals surface area contributed by atoms with Crippen LogP contribution >= 0.6 is 0 Å². The Morgan fingerprint density at radius 1 is 0.741 bits per heavy atom. The molecule has 0 aliphatic heterocycles. The topological polar surface area (TPSA) is 61.8 Å². The van der Waals surface area contributed by atoms with Crippen molar-refractivity contribution in [2.24, 2.45) is 0 Å². The van der Waals surface area contributed by atoms with Crippen LogP contribution in [0.1, 0.15) is 91.4 Å². The number of esters is 2. The summed E-state index contributed by atoms with van der Waals surface area (Å²) in [7, 11) is 0. The molecule has 0 unspecified atom stereocenters. The average Bonchev–Trinajstić information content (AvgIpc) is 2.61. The SMILES string of the molecule is C=CC(=O)OCCCCOC(=O)CCCCCCCCCCOC(C)(C)C.